The lowest BCUT2D eigenvalue weighted by Gasteiger charge is -2.25. The normalized spacial score (nSPS) is 14.5. The molecule has 0 saturated heterocycles. The van der Waals surface area contributed by atoms with Crippen LogP contribution >= 0.6 is 0 Å². The molecule has 0 spiro atoms. The molecule has 1 atom stereocenters. The number of esters is 1. The summed E-state index contributed by atoms with van der Waals surface area (Å²) in [5.74, 6) is -0.397. The third-order valence-electron chi connectivity index (χ3n) is 2.31. The van der Waals surface area contributed by atoms with Crippen LogP contribution in [0.4, 0.5) is 0 Å². The number of benzene rings is 1. The Kier molecular flexibility index (Phi) is 3.25. The fourth-order valence-corrected chi connectivity index (χ4v) is 1.27. The average Bonchev–Trinajstić information content (AvgIpc) is 2.28. The number of rotatable bonds is 3. The highest BCUT2D eigenvalue weighted by molar-refractivity contribution is 5.80. The minimum atomic E-state index is -1.02. The predicted octanol–water partition coefficient (Wildman–Crippen LogP) is 1.72. The van der Waals surface area contributed by atoms with Crippen molar-refractivity contribution in [1.82, 2.24) is 0 Å². The van der Waals surface area contributed by atoms with Crippen molar-refractivity contribution in [2.24, 2.45) is 0 Å². The molecule has 0 radical (unpaired) electrons. The van der Waals surface area contributed by atoms with E-state index in [4.69, 9.17) is 9.47 Å². The van der Waals surface area contributed by atoms with E-state index in [1.165, 1.54) is 14.2 Å². The summed E-state index contributed by atoms with van der Waals surface area (Å²) in [4.78, 5) is 11.5. The first-order valence-corrected chi connectivity index (χ1v) is 4.34. The third-order valence-corrected chi connectivity index (χ3v) is 2.31. The van der Waals surface area contributed by atoms with Gasteiger partial charge in [0.2, 0.25) is 0 Å². The van der Waals surface area contributed by atoms with Crippen molar-refractivity contribution in [2.45, 2.75) is 12.5 Å². The monoisotopic (exact) mass is 194 g/mol. The summed E-state index contributed by atoms with van der Waals surface area (Å²) in [5.41, 5.74) is -0.231. The average molecular weight is 194 g/mol. The Hall–Kier alpha value is -1.35. The van der Waals surface area contributed by atoms with Gasteiger partial charge in [-0.15, -0.1) is 0 Å². The lowest BCUT2D eigenvalue weighted by atomic mass is 9.96. The van der Waals surface area contributed by atoms with Gasteiger partial charge in [0, 0.05) is 7.11 Å². The summed E-state index contributed by atoms with van der Waals surface area (Å²) < 4.78 is 9.90. The van der Waals surface area contributed by atoms with E-state index in [1.807, 2.05) is 30.3 Å². The second kappa shape index (κ2) is 4.24. The largest absolute Gasteiger partial charge is 0.467 e. The summed E-state index contributed by atoms with van der Waals surface area (Å²) in [5, 5.41) is 0. The highest BCUT2D eigenvalue weighted by Gasteiger charge is 2.36. The van der Waals surface area contributed by atoms with Crippen molar-refractivity contribution in [1.29, 1.82) is 0 Å². The van der Waals surface area contributed by atoms with Gasteiger partial charge in [0.25, 0.3) is 0 Å². The lowest BCUT2D eigenvalue weighted by molar-refractivity contribution is -0.165. The van der Waals surface area contributed by atoms with Crippen molar-refractivity contribution in [3.63, 3.8) is 0 Å². The molecule has 1 aromatic rings. The molecule has 0 aliphatic carbocycles. The molecule has 0 saturated carbocycles. The van der Waals surface area contributed by atoms with Gasteiger partial charge in [-0.25, -0.2) is 4.79 Å². The zero-order valence-corrected chi connectivity index (χ0v) is 8.61. The molecular weight excluding hydrogens is 180 g/mol. The first-order valence-electron chi connectivity index (χ1n) is 4.34. The Morgan fingerprint density at radius 1 is 1.21 bits per heavy atom. The topological polar surface area (TPSA) is 35.5 Å². The van der Waals surface area contributed by atoms with Crippen molar-refractivity contribution >= 4 is 5.97 Å². The number of ether oxygens (including phenoxy) is 2. The summed E-state index contributed by atoms with van der Waals surface area (Å²) in [7, 11) is 2.84. The molecule has 14 heavy (non-hydrogen) atoms. The van der Waals surface area contributed by atoms with Gasteiger partial charge in [0.15, 0.2) is 5.60 Å². The molecule has 3 heteroatoms. The molecule has 0 heterocycles. The van der Waals surface area contributed by atoms with E-state index in [0.29, 0.717) is 0 Å². The summed E-state index contributed by atoms with van der Waals surface area (Å²) in [6.45, 7) is 1.69. The predicted molar refractivity (Wildman–Crippen MR) is 52.8 cm³/mol. The van der Waals surface area contributed by atoms with Gasteiger partial charge in [-0.2, -0.15) is 0 Å². The Balaban J connectivity index is 3.08. The molecule has 76 valence electrons. The van der Waals surface area contributed by atoms with Crippen LogP contribution in [0.15, 0.2) is 30.3 Å². The van der Waals surface area contributed by atoms with Crippen molar-refractivity contribution in [3.05, 3.63) is 35.9 Å². The van der Waals surface area contributed by atoms with Crippen LogP contribution in [0, 0.1) is 0 Å². The Morgan fingerprint density at radius 2 is 1.79 bits per heavy atom. The van der Waals surface area contributed by atoms with Gasteiger partial charge in [-0.05, 0) is 12.5 Å². The van der Waals surface area contributed by atoms with Gasteiger partial charge in [-0.3, -0.25) is 0 Å². The van der Waals surface area contributed by atoms with Gasteiger partial charge in [-0.1, -0.05) is 30.3 Å². The van der Waals surface area contributed by atoms with Crippen molar-refractivity contribution in [3.8, 4) is 0 Å². The van der Waals surface area contributed by atoms with E-state index in [0.717, 1.165) is 5.56 Å². The van der Waals surface area contributed by atoms with E-state index in [1.54, 1.807) is 6.92 Å². The second-order valence-electron chi connectivity index (χ2n) is 3.09. The smallest absolute Gasteiger partial charge is 0.342 e. The minimum Gasteiger partial charge on any atom is -0.467 e. The van der Waals surface area contributed by atoms with Crippen LogP contribution in [0.3, 0.4) is 0 Å². The highest BCUT2D eigenvalue weighted by atomic mass is 16.6. The van der Waals surface area contributed by atoms with Crippen LogP contribution < -0.4 is 0 Å². The van der Waals surface area contributed by atoms with E-state index >= 15 is 0 Å². The maximum Gasteiger partial charge on any atom is 0.342 e. The SMILES string of the molecule is COC(=O)[C@](C)(OC)c1ccccc1. The maximum absolute atomic E-state index is 11.5. The highest BCUT2D eigenvalue weighted by Crippen LogP contribution is 2.25. The van der Waals surface area contributed by atoms with Crippen molar-refractivity contribution in [2.75, 3.05) is 14.2 Å². The number of hydrogen-bond donors (Lipinski definition) is 0. The molecule has 0 amide bonds. The van der Waals surface area contributed by atoms with E-state index < -0.39 is 11.6 Å². The Labute approximate surface area is 83.6 Å². The Morgan fingerprint density at radius 3 is 2.21 bits per heavy atom. The van der Waals surface area contributed by atoms with Gasteiger partial charge >= 0.3 is 5.97 Å². The van der Waals surface area contributed by atoms with E-state index in [2.05, 4.69) is 0 Å². The maximum atomic E-state index is 11.5. The third kappa shape index (κ3) is 1.77. The molecular formula is C11H14O3. The molecule has 0 bridgehead atoms. The fourth-order valence-electron chi connectivity index (χ4n) is 1.27. The molecule has 0 aliphatic rings. The molecule has 1 rings (SSSR count). The lowest BCUT2D eigenvalue weighted by Crippen LogP contribution is -2.35. The molecule has 0 aliphatic heterocycles. The summed E-state index contributed by atoms with van der Waals surface area (Å²) in [6, 6.07) is 9.27. The first-order chi connectivity index (χ1) is 6.65. The van der Waals surface area contributed by atoms with Gasteiger partial charge < -0.3 is 9.47 Å². The quantitative estimate of drug-likeness (QED) is 0.687. The zero-order valence-electron chi connectivity index (χ0n) is 8.61. The summed E-state index contributed by atoms with van der Waals surface area (Å²) in [6.07, 6.45) is 0. The second-order valence-corrected chi connectivity index (χ2v) is 3.09. The molecule has 3 nitrogen and oxygen atoms in total. The zero-order chi connectivity index (χ0) is 10.6. The number of methoxy groups -OCH3 is 2. The molecule has 0 fully saturated rings. The number of carbonyl (C=O) groups is 1. The molecule has 1 aromatic carbocycles. The van der Waals surface area contributed by atoms with E-state index in [-0.39, 0.29) is 0 Å². The number of hydrogen-bond acceptors (Lipinski definition) is 3. The minimum absolute atomic E-state index is 0.397. The van der Waals surface area contributed by atoms with Crippen LogP contribution in [0.2, 0.25) is 0 Å². The van der Waals surface area contributed by atoms with Gasteiger partial charge in [0.1, 0.15) is 0 Å². The fraction of sp³-hybridized carbons (Fsp3) is 0.364. The van der Waals surface area contributed by atoms with Crippen LogP contribution in [0.1, 0.15) is 12.5 Å². The summed E-state index contributed by atoms with van der Waals surface area (Å²) >= 11 is 0. The molecule has 0 aromatic heterocycles. The van der Waals surface area contributed by atoms with Crippen LogP contribution in [0.5, 0.6) is 0 Å². The number of carbonyl (C=O) groups excluding carboxylic acids is 1. The van der Waals surface area contributed by atoms with E-state index in [9.17, 15) is 4.79 Å². The van der Waals surface area contributed by atoms with Crippen LogP contribution in [-0.2, 0) is 19.9 Å². The van der Waals surface area contributed by atoms with Crippen molar-refractivity contribution < 1.29 is 14.3 Å². The van der Waals surface area contributed by atoms with Crippen LogP contribution in [0.25, 0.3) is 0 Å². The first kappa shape index (κ1) is 10.7. The van der Waals surface area contributed by atoms with Crippen LogP contribution in [-0.4, -0.2) is 20.2 Å². The standard InChI is InChI=1S/C11H14O3/c1-11(14-3,10(12)13-2)9-7-5-4-6-8-9/h4-8H,1-3H3/t11-/m1/s1. The van der Waals surface area contributed by atoms with Gasteiger partial charge in [0.05, 0.1) is 7.11 Å². The molecule has 0 unspecified atom stereocenters. The molecule has 0 N–H and O–H groups in total. The Bertz CT molecular complexity index is 308.